The second-order valence-corrected chi connectivity index (χ2v) is 5.24. The van der Waals surface area contributed by atoms with E-state index in [1.165, 1.54) is 0 Å². The van der Waals surface area contributed by atoms with Gasteiger partial charge in [-0.3, -0.25) is 4.79 Å². The van der Waals surface area contributed by atoms with Gasteiger partial charge in [0.05, 0.1) is 13.0 Å². The molecule has 1 aromatic carbocycles. The molecule has 0 aromatic heterocycles. The van der Waals surface area contributed by atoms with Gasteiger partial charge in [-0.2, -0.15) is 0 Å². The van der Waals surface area contributed by atoms with Crippen LogP contribution in [0.15, 0.2) is 24.3 Å². The first-order valence-corrected chi connectivity index (χ1v) is 7.42. The fourth-order valence-electron chi connectivity index (χ4n) is 2.27. The lowest BCUT2D eigenvalue weighted by Gasteiger charge is -2.34. The Labute approximate surface area is 129 Å². The summed E-state index contributed by atoms with van der Waals surface area (Å²) in [5.74, 6) is 0.0339. The lowest BCUT2D eigenvalue weighted by molar-refractivity contribution is -0.132. The molecule has 6 heteroatoms. The van der Waals surface area contributed by atoms with Gasteiger partial charge in [0.25, 0.3) is 0 Å². The number of halogens is 1. The number of ether oxygens (including phenoxy) is 1. The molecule has 1 saturated heterocycles. The molecule has 0 N–H and O–H groups in total. The topological polar surface area (TPSA) is 49.9 Å². The maximum Gasteiger partial charge on any atom is 0.409 e. The Balaban J connectivity index is 1.86. The minimum absolute atomic E-state index is 0.0339. The molecule has 0 atom stereocenters. The van der Waals surface area contributed by atoms with Crippen LogP contribution in [0.25, 0.3) is 0 Å². The maximum absolute atomic E-state index is 12.3. The van der Waals surface area contributed by atoms with Crippen LogP contribution in [0.4, 0.5) is 4.79 Å². The lowest BCUT2D eigenvalue weighted by atomic mass is 10.1. The second kappa shape index (κ2) is 7.31. The Morgan fingerprint density at radius 1 is 1.14 bits per heavy atom. The van der Waals surface area contributed by atoms with Gasteiger partial charge in [-0.25, -0.2) is 4.79 Å². The Hall–Kier alpha value is -1.75. The molecule has 21 heavy (non-hydrogen) atoms. The van der Waals surface area contributed by atoms with E-state index in [0.29, 0.717) is 44.2 Å². The van der Waals surface area contributed by atoms with Crippen molar-refractivity contribution in [2.24, 2.45) is 0 Å². The van der Waals surface area contributed by atoms with E-state index in [9.17, 15) is 9.59 Å². The van der Waals surface area contributed by atoms with Crippen LogP contribution in [0.1, 0.15) is 12.5 Å². The van der Waals surface area contributed by atoms with Crippen LogP contribution in [0.2, 0.25) is 5.02 Å². The van der Waals surface area contributed by atoms with Crippen molar-refractivity contribution in [1.82, 2.24) is 9.80 Å². The van der Waals surface area contributed by atoms with Crippen LogP contribution in [-0.4, -0.2) is 54.6 Å². The monoisotopic (exact) mass is 310 g/mol. The molecule has 1 aliphatic rings. The summed E-state index contributed by atoms with van der Waals surface area (Å²) in [4.78, 5) is 27.2. The molecule has 0 unspecified atom stereocenters. The molecular weight excluding hydrogens is 292 g/mol. The number of amides is 2. The average molecular weight is 311 g/mol. The van der Waals surface area contributed by atoms with Crippen molar-refractivity contribution >= 4 is 23.6 Å². The predicted molar refractivity (Wildman–Crippen MR) is 80.3 cm³/mol. The zero-order chi connectivity index (χ0) is 15.2. The standard InChI is InChI=1S/C15H19ClN2O3/c1-2-21-15(20)18-9-7-17(8-10-18)14(19)11-12-5-3-4-6-13(12)16/h3-6H,2,7-11H2,1H3. The summed E-state index contributed by atoms with van der Waals surface area (Å²) in [6.07, 6.45) is -0.0188. The van der Waals surface area contributed by atoms with E-state index in [0.717, 1.165) is 5.56 Å². The Morgan fingerprint density at radius 3 is 2.38 bits per heavy atom. The van der Waals surface area contributed by atoms with Gasteiger partial charge in [-0.15, -0.1) is 0 Å². The van der Waals surface area contributed by atoms with Gasteiger partial charge >= 0.3 is 6.09 Å². The molecule has 1 heterocycles. The van der Waals surface area contributed by atoms with Crippen LogP contribution in [0, 0.1) is 0 Å². The highest BCUT2D eigenvalue weighted by atomic mass is 35.5. The van der Waals surface area contributed by atoms with Gasteiger partial charge in [-0.1, -0.05) is 29.8 Å². The fraction of sp³-hybridized carbons (Fsp3) is 0.467. The van der Waals surface area contributed by atoms with Crippen molar-refractivity contribution in [3.63, 3.8) is 0 Å². The maximum atomic E-state index is 12.3. The Morgan fingerprint density at radius 2 is 1.76 bits per heavy atom. The number of piperazine rings is 1. The molecule has 1 aromatic rings. The molecule has 114 valence electrons. The molecule has 1 aliphatic heterocycles. The average Bonchev–Trinajstić information content (AvgIpc) is 2.50. The van der Waals surface area contributed by atoms with Gasteiger partial charge in [0, 0.05) is 31.2 Å². The van der Waals surface area contributed by atoms with E-state index in [2.05, 4.69) is 0 Å². The summed E-state index contributed by atoms with van der Waals surface area (Å²) in [5, 5.41) is 0.607. The molecule has 2 rings (SSSR count). The van der Waals surface area contributed by atoms with Gasteiger partial charge < -0.3 is 14.5 Å². The SMILES string of the molecule is CCOC(=O)N1CCN(C(=O)Cc2ccccc2Cl)CC1. The third kappa shape index (κ3) is 4.11. The third-order valence-electron chi connectivity index (χ3n) is 3.46. The molecule has 0 bridgehead atoms. The highest BCUT2D eigenvalue weighted by Crippen LogP contribution is 2.16. The zero-order valence-electron chi connectivity index (χ0n) is 12.0. The predicted octanol–water partition coefficient (Wildman–Crippen LogP) is 2.18. The van der Waals surface area contributed by atoms with Crippen molar-refractivity contribution in [3.05, 3.63) is 34.9 Å². The smallest absolute Gasteiger partial charge is 0.409 e. The Kier molecular flexibility index (Phi) is 5.44. The van der Waals surface area contributed by atoms with Crippen molar-refractivity contribution in [1.29, 1.82) is 0 Å². The number of rotatable bonds is 3. The van der Waals surface area contributed by atoms with Gasteiger partial charge in [0.15, 0.2) is 0 Å². The van der Waals surface area contributed by atoms with Crippen LogP contribution >= 0.6 is 11.6 Å². The number of carbonyl (C=O) groups is 2. The number of hydrogen-bond acceptors (Lipinski definition) is 3. The van der Waals surface area contributed by atoms with Gasteiger partial charge in [-0.05, 0) is 18.6 Å². The molecule has 0 saturated carbocycles. The summed E-state index contributed by atoms with van der Waals surface area (Å²) in [7, 11) is 0. The molecule has 2 amide bonds. The van der Waals surface area contributed by atoms with Crippen LogP contribution in [0.3, 0.4) is 0 Å². The molecule has 0 radical (unpaired) electrons. The zero-order valence-corrected chi connectivity index (χ0v) is 12.8. The van der Waals surface area contributed by atoms with Crippen LogP contribution in [0.5, 0.6) is 0 Å². The van der Waals surface area contributed by atoms with E-state index in [4.69, 9.17) is 16.3 Å². The molecule has 0 spiro atoms. The second-order valence-electron chi connectivity index (χ2n) is 4.83. The van der Waals surface area contributed by atoms with E-state index in [-0.39, 0.29) is 12.0 Å². The minimum Gasteiger partial charge on any atom is -0.450 e. The van der Waals surface area contributed by atoms with Crippen LogP contribution in [-0.2, 0) is 16.0 Å². The molecular formula is C15H19ClN2O3. The van der Waals surface area contributed by atoms with Gasteiger partial charge in [0.2, 0.25) is 5.91 Å². The summed E-state index contributed by atoms with van der Waals surface area (Å²) in [5.41, 5.74) is 0.831. The van der Waals surface area contributed by atoms with E-state index in [1.54, 1.807) is 22.8 Å². The largest absolute Gasteiger partial charge is 0.450 e. The number of carbonyl (C=O) groups excluding carboxylic acids is 2. The third-order valence-corrected chi connectivity index (χ3v) is 3.83. The first-order valence-electron chi connectivity index (χ1n) is 7.04. The van der Waals surface area contributed by atoms with Crippen molar-refractivity contribution < 1.29 is 14.3 Å². The molecule has 5 nitrogen and oxygen atoms in total. The van der Waals surface area contributed by atoms with Crippen molar-refractivity contribution in [3.8, 4) is 0 Å². The lowest BCUT2D eigenvalue weighted by Crippen LogP contribution is -2.51. The summed E-state index contributed by atoms with van der Waals surface area (Å²) in [6, 6.07) is 7.35. The quantitative estimate of drug-likeness (QED) is 0.860. The number of hydrogen-bond donors (Lipinski definition) is 0. The van der Waals surface area contributed by atoms with Gasteiger partial charge in [0.1, 0.15) is 0 Å². The molecule has 1 fully saturated rings. The Bertz CT molecular complexity index is 513. The van der Waals surface area contributed by atoms with Crippen molar-refractivity contribution in [2.45, 2.75) is 13.3 Å². The summed E-state index contributed by atoms with van der Waals surface area (Å²) in [6.45, 7) is 4.22. The fourth-order valence-corrected chi connectivity index (χ4v) is 2.47. The van der Waals surface area contributed by atoms with E-state index in [1.807, 2.05) is 18.2 Å². The van der Waals surface area contributed by atoms with Crippen molar-refractivity contribution in [2.75, 3.05) is 32.8 Å². The normalized spacial score (nSPS) is 15.0. The molecule has 0 aliphatic carbocycles. The van der Waals surface area contributed by atoms with E-state index >= 15 is 0 Å². The minimum atomic E-state index is -0.310. The highest BCUT2D eigenvalue weighted by molar-refractivity contribution is 6.31. The first-order chi connectivity index (χ1) is 10.1. The number of nitrogens with zero attached hydrogens (tertiary/aromatic N) is 2. The summed E-state index contributed by atoms with van der Waals surface area (Å²) < 4.78 is 4.95. The van der Waals surface area contributed by atoms with E-state index < -0.39 is 0 Å². The number of benzene rings is 1. The van der Waals surface area contributed by atoms with Crippen LogP contribution < -0.4 is 0 Å². The summed E-state index contributed by atoms with van der Waals surface area (Å²) >= 11 is 6.07. The first kappa shape index (κ1) is 15.6. The highest BCUT2D eigenvalue weighted by Gasteiger charge is 2.24.